The van der Waals surface area contributed by atoms with E-state index in [0.717, 1.165) is 6.42 Å². The second-order valence-corrected chi connectivity index (χ2v) is 3.01. The fraction of sp³-hybridized carbons (Fsp3) is 0.300. The first-order valence-electron chi connectivity index (χ1n) is 4.20. The van der Waals surface area contributed by atoms with Crippen molar-refractivity contribution in [1.82, 2.24) is 5.32 Å². The molecule has 1 aromatic heterocycles. The van der Waals surface area contributed by atoms with Gasteiger partial charge in [-0.2, -0.15) is 0 Å². The molecule has 0 aromatic carbocycles. The van der Waals surface area contributed by atoms with Gasteiger partial charge in [-0.05, 0) is 24.1 Å². The third-order valence-corrected chi connectivity index (χ3v) is 1.94. The predicted octanol–water partition coefficient (Wildman–Crippen LogP) is 2.08. The lowest BCUT2D eigenvalue weighted by molar-refractivity contribution is 0.0953. The topological polar surface area (TPSA) is 42.2 Å². The minimum Gasteiger partial charge on any atom is -0.452 e. The molecule has 0 radical (unpaired) electrons. The quantitative estimate of drug-likeness (QED) is 0.612. The van der Waals surface area contributed by atoms with E-state index in [1.54, 1.807) is 0 Å². The Bertz CT molecular complexity index is 351. The molecule has 0 fully saturated rings. The summed E-state index contributed by atoms with van der Waals surface area (Å²) in [4.78, 5) is 11.4. The molecule has 0 spiro atoms. The van der Waals surface area contributed by atoms with Gasteiger partial charge in [-0.25, -0.2) is 0 Å². The lowest BCUT2D eigenvalue weighted by Crippen LogP contribution is -2.24. The van der Waals surface area contributed by atoms with Crippen LogP contribution >= 0.6 is 11.6 Å². The van der Waals surface area contributed by atoms with Gasteiger partial charge in [0.05, 0.1) is 11.8 Å². The Morgan fingerprint density at radius 1 is 1.71 bits per heavy atom. The van der Waals surface area contributed by atoms with Gasteiger partial charge in [-0.1, -0.05) is 0 Å². The number of furan rings is 1. The maximum atomic E-state index is 11.4. The van der Waals surface area contributed by atoms with Crippen molar-refractivity contribution >= 4 is 17.5 Å². The highest BCUT2D eigenvalue weighted by Gasteiger charge is 2.11. The predicted molar refractivity (Wildman–Crippen MR) is 54.1 cm³/mol. The molecule has 0 saturated heterocycles. The van der Waals surface area contributed by atoms with Crippen molar-refractivity contribution in [1.29, 1.82) is 0 Å². The van der Waals surface area contributed by atoms with Crippen LogP contribution in [0.1, 0.15) is 23.2 Å². The normalized spacial score (nSPS) is 9.43. The number of halogens is 1. The Balaban J connectivity index is 2.37. The molecule has 1 aromatic rings. The summed E-state index contributed by atoms with van der Waals surface area (Å²) in [6.45, 7) is 0.546. The van der Waals surface area contributed by atoms with Crippen molar-refractivity contribution in [2.75, 3.05) is 6.54 Å². The van der Waals surface area contributed by atoms with Gasteiger partial charge in [0.25, 0.3) is 5.91 Å². The van der Waals surface area contributed by atoms with Gasteiger partial charge in [-0.15, -0.1) is 12.3 Å². The summed E-state index contributed by atoms with van der Waals surface area (Å²) in [7, 11) is 0. The van der Waals surface area contributed by atoms with Crippen LogP contribution in [0.15, 0.2) is 16.7 Å². The molecule has 1 N–H and O–H groups in total. The first-order valence-corrected chi connectivity index (χ1v) is 4.58. The van der Waals surface area contributed by atoms with Crippen LogP contribution in [-0.4, -0.2) is 12.5 Å². The monoisotopic (exact) mass is 211 g/mol. The summed E-state index contributed by atoms with van der Waals surface area (Å²) in [5.74, 6) is 2.26. The first-order chi connectivity index (χ1) is 6.75. The molecular weight excluding hydrogens is 202 g/mol. The number of unbranched alkanes of at least 4 members (excludes halogenated alkanes) is 1. The SMILES string of the molecule is C#CCCCNC(=O)c1ccoc1Cl. The molecule has 74 valence electrons. The summed E-state index contributed by atoms with van der Waals surface area (Å²) in [6, 6.07) is 1.53. The molecule has 0 atom stereocenters. The molecule has 3 nitrogen and oxygen atoms in total. The van der Waals surface area contributed by atoms with Crippen LogP contribution in [0.5, 0.6) is 0 Å². The largest absolute Gasteiger partial charge is 0.452 e. The second kappa shape index (κ2) is 5.36. The van der Waals surface area contributed by atoms with Gasteiger partial charge in [0, 0.05) is 13.0 Å². The Morgan fingerprint density at radius 3 is 3.07 bits per heavy atom. The lowest BCUT2D eigenvalue weighted by Gasteiger charge is -2.01. The minimum atomic E-state index is -0.235. The maximum absolute atomic E-state index is 11.4. The Morgan fingerprint density at radius 2 is 2.50 bits per heavy atom. The molecule has 1 rings (SSSR count). The molecule has 0 aliphatic carbocycles. The van der Waals surface area contributed by atoms with Gasteiger partial charge < -0.3 is 9.73 Å². The molecule has 1 heterocycles. The summed E-state index contributed by atoms with van der Waals surface area (Å²) in [5, 5.41) is 2.79. The van der Waals surface area contributed by atoms with Gasteiger partial charge in [0.1, 0.15) is 0 Å². The van der Waals surface area contributed by atoms with Crippen LogP contribution in [0.2, 0.25) is 5.22 Å². The standard InChI is InChI=1S/C10H10ClNO2/c1-2-3-4-6-12-10(13)8-5-7-14-9(8)11/h1,5,7H,3-4,6H2,(H,12,13). The molecule has 14 heavy (non-hydrogen) atoms. The molecule has 0 saturated carbocycles. The van der Waals surface area contributed by atoms with Gasteiger partial charge in [0.15, 0.2) is 0 Å². The average Bonchev–Trinajstić information content (AvgIpc) is 2.59. The molecular formula is C10H10ClNO2. The summed E-state index contributed by atoms with van der Waals surface area (Å²) >= 11 is 5.61. The van der Waals surface area contributed by atoms with Gasteiger partial charge >= 0.3 is 0 Å². The first kappa shape index (κ1) is 10.7. The number of amides is 1. The van der Waals surface area contributed by atoms with E-state index >= 15 is 0 Å². The Labute approximate surface area is 87.4 Å². The third-order valence-electron chi connectivity index (χ3n) is 1.65. The van der Waals surface area contributed by atoms with Crippen LogP contribution in [0.4, 0.5) is 0 Å². The van der Waals surface area contributed by atoms with Crippen molar-refractivity contribution in [2.24, 2.45) is 0 Å². The van der Waals surface area contributed by atoms with E-state index in [1.165, 1.54) is 12.3 Å². The van der Waals surface area contributed by atoms with E-state index in [0.29, 0.717) is 18.5 Å². The van der Waals surface area contributed by atoms with Crippen LogP contribution < -0.4 is 5.32 Å². The number of carbonyl (C=O) groups is 1. The summed E-state index contributed by atoms with van der Waals surface area (Å²) < 4.78 is 4.79. The number of rotatable bonds is 4. The number of hydrogen-bond acceptors (Lipinski definition) is 2. The lowest BCUT2D eigenvalue weighted by atomic mass is 10.3. The number of hydrogen-bond donors (Lipinski definition) is 1. The zero-order valence-corrected chi connectivity index (χ0v) is 8.30. The van der Waals surface area contributed by atoms with Crippen LogP contribution in [0, 0.1) is 12.3 Å². The van der Waals surface area contributed by atoms with Crippen molar-refractivity contribution in [3.8, 4) is 12.3 Å². The number of carbonyl (C=O) groups excluding carboxylic acids is 1. The van der Waals surface area contributed by atoms with Crippen molar-refractivity contribution in [2.45, 2.75) is 12.8 Å². The van der Waals surface area contributed by atoms with E-state index < -0.39 is 0 Å². The zero-order valence-electron chi connectivity index (χ0n) is 7.55. The zero-order chi connectivity index (χ0) is 10.4. The molecule has 4 heteroatoms. The minimum absolute atomic E-state index is 0.111. The van der Waals surface area contributed by atoms with Gasteiger partial charge in [-0.3, -0.25) is 4.79 Å². The average molecular weight is 212 g/mol. The number of terminal acetylenes is 1. The Kier molecular flexibility index (Phi) is 4.09. The molecule has 0 bridgehead atoms. The summed E-state index contributed by atoms with van der Waals surface area (Å²) in [5.41, 5.74) is 0.354. The fourth-order valence-corrected chi connectivity index (χ4v) is 1.14. The second-order valence-electron chi connectivity index (χ2n) is 2.67. The van der Waals surface area contributed by atoms with E-state index in [4.69, 9.17) is 22.4 Å². The van der Waals surface area contributed by atoms with Crippen molar-refractivity contribution in [3.63, 3.8) is 0 Å². The van der Waals surface area contributed by atoms with Gasteiger partial charge in [0.2, 0.25) is 5.22 Å². The van der Waals surface area contributed by atoms with Crippen LogP contribution in [-0.2, 0) is 0 Å². The van der Waals surface area contributed by atoms with Crippen molar-refractivity contribution < 1.29 is 9.21 Å². The fourth-order valence-electron chi connectivity index (χ4n) is 0.943. The van der Waals surface area contributed by atoms with Crippen molar-refractivity contribution in [3.05, 3.63) is 23.1 Å². The maximum Gasteiger partial charge on any atom is 0.256 e. The van der Waals surface area contributed by atoms with Crippen LogP contribution in [0.25, 0.3) is 0 Å². The molecule has 0 aliphatic rings. The highest BCUT2D eigenvalue weighted by molar-refractivity contribution is 6.32. The van der Waals surface area contributed by atoms with E-state index in [1.807, 2.05) is 0 Å². The molecule has 1 amide bonds. The Hall–Kier alpha value is -1.40. The number of nitrogens with one attached hydrogen (secondary N) is 1. The summed E-state index contributed by atoms with van der Waals surface area (Å²) in [6.07, 6.45) is 7.85. The van der Waals surface area contributed by atoms with E-state index in [2.05, 4.69) is 11.2 Å². The molecule has 0 unspecified atom stereocenters. The van der Waals surface area contributed by atoms with E-state index in [-0.39, 0.29) is 11.1 Å². The highest BCUT2D eigenvalue weighted by Crippen LogP contribution is 2.15. The van der Waals surface area contributed by atoms with Crippen LogP contribution in [0.3, 0.4) is 0 Å². The smallest absolute Gasteiger partial charge is 0.256 e. The highest BCUT2D eigenvalue weighted by atomic mass is 35.5. The van der Waals surface area contributed by atoms with E-state index in [9.17, 15) is 4.79 Å². The molecule has 0 aliphatic heterocycles. The third kappa shape index (κ3) is 2.82.